The third-order valence-corrected chi connectivity index (χ3v) is 2.67. The molecule has 1 fully saturated rings. The van der Waals surface area contributed by atoms with Crippen LogP contribution >= 0.6 is 0 Å². The van der Waals surface area contributed by atoms with Gasteiger partial charge in [0.05, 0.1) is 13.2 Å². The van der Waals surface area contributed by atoms with E-state index in [-0.39, 0.29) is 6.04 Å². The molecule has 0 spiro atoms. The summed E-state index contributed by atoms with van der Waals surface area (Å²) < 4.78 is 10.6. The van der Waals surface area contributed by atoms with Crippen molar-refractivity contribution >= 4 is 0 Å². The molecule has 0 bridgehead atoms. The molecule has 1 atom stereocenters. The van der Waals surface area contributed by atoms with Crippen molar-refractivity contribution in [2.75, 3.05) is 19.8 Å². The molecule has 0 aromatic carbocycles. The van der Waals surface area contributed by atoms with E-state index >= 15 is 0 Å². The molecule has 1 saturated heterocycles. The molecule has 0 radical (unpaired) electrons. The van der Waals surface area contributed by atoms with Gasteiger partial charge in [0.1, 0.15) is 17.6 Å². The van der Waals surface area contributed by atoms with Crippen molar-refractivity contribution in [2.45, 2.75) is 13.0 Å². The van der Waals surface area contributed by atoms with Crippen molar-refractivity contribution in [1.82, 2.24) is 25.4 Å². The normalized spacial score (nSPS) is 19.9. The molecule has 0 aliphatic carbocycles. The van der Waals surface area contributed by atoms with Gasteiger partial charge < -0.3 is 14.6 Å². The van der Waals surface area contributed by atoms with Crippen molar-refractivity contribution in [3.05, 3.63) is 24.0 Å². The minimum Gasteiger partial charge on any atom is -0.378 e. The lowest BCUT2D eigenvalue weighted by Crippen LogP contribution is -2.34. The molecule has 1 unspecified atom stereocenters. The third kappa shape index (κ3) is 2.22. The van der Waals surface area contributed by atoms with Crippen LogP contribution in [0.15, 0.2) is 16.8 Å². The fourth-order valence-electron chi connectivity index (χ4n) is 1.79. The van der Waals surface area contributed by atoms with Crippen molar-refractivity contribution < 1.29 is 9.26 Å². The summed E-state index contributed by atoms with van der Waals surface area (Å²) in [5.74, 6) is 1.68. The average molecular weight is 247 g/mol. The van der Waals surface area contributed by atoms with Gasteiger partial charge in [0.15, 0.2) is 0 Å². The van der Waals surface area contributed by atoms with Gasteiger partial charge >= 0.3 is 0 Å². The molecule has 3 heterocycles. The van der Waals surface area contributed by atoms with E-state index in [4.69, 9.17) is 9.26 Å². The third-order valence-electron chi connectivity index (χ3n) is 2.67. The van der Waals surface area contributed by atoms with Gasteiger partial charge in [-0.2, -0.15) is 4.98 Å². The van der Waals surface area contributed by atoms with E-state index < -0.39 is 0 Å². The number of hydrogen-bond acceptors (Lipinski definition) is 7. The van der Waals surface area contributed by atoms with Crippen molar-refractivity contribution in [3.63, 3.8) is 0 Å². The van der Waals surface area contributed by atoms with Crippen LogP contribution in [0.1, 0.15) is 17.8 Å². The molecular formula is C11H13N5O2. The minimum absolute atomic E-state index is 0.0389. The monoisotopic (exact) mass is 247 g/mol. The van der Waals surface area contributed by atoms with E-state index in [2.05, 4.69) is 25.4 Å². The zero-order valence-electron chi connectivity index (χ0n) is 9.96. The molecule has 7 heteroatoms. The second-order valence-corrected chi connectivity index (χ2v) is 4.03. The summed E-state index contributed by atoms with van der Waals surface area (Å²) >= 11 is 0. The highest BCUT2D eigenvalue weighted by Gasteiger charge is 2.22. The number of ether oxygens (including phenoxy) is 1. The molecule has 7 nitrogen and oxygen atoms in total. The second-order valence-electron chi connectivity index (χ2n) is 4.03. The van der Waals surface area contributed by atoms with E-state index in [1.165, 1.54) is 0 Å². The zero-order valence-corrected chi connectivity index (χ0v) is 9.96. The Morgan fingerprint density at radius 2 is 2.33 bits per heavy atom. The van der Waals surface area contributed by atoms with E-state index in [0.717, 1.165) is 6.54 Å². The lowest BCUT2D eigenvalue weighted by atomic mass is 10.3. The summed E-state index contributed by atoms with van der Waals surface area (Å²) in [7, 11) is 0. The lowest BCUT2D eigenvalue weighted by Gasteiger charge is -2.20. The number of nitrogens with one attached hydrogen (secondary N) is 1. The Labute approximate surface area is 104 Å². The molecule has 0 saturated carbocycles. The number of nitrogens with zero attached hydrogens (tertiary/aromatic N) is 4. The Bertz CT molecular complexity index is 536. The van der Waals surface area contributed by atoms with Crippen LogP contribution < -0.4 is 5.32 Å². The Morgan fingerprint density at radius 3 is 3.11 bits per heavy atom. The molecule has 1 aliphatic rings. The summed E-state index contributed by atoms with van der Waals surface area (Å²) in [4.78, 5) is 12.6. The standard InChI is InChI=1S/C11H13N5O2/c1-7-12-3-2-8(14-7)10-15-11(18-16-10)9-6-17-5-4-13-9/h2-3,9,13H,4-6H2,1H3. The predicted molar refractivity (Wildman–Crippen MR) is 61.6 cm³/mol. The Balaban J connectivity index is 1.84. The maximum atomic E-state index is 5.35. The summed E-state index contributed by atoms with van der Waals surface area (Å²) in [6, 6.07) is 1.72. The molecule has 1 N–H and O–H groups in total. The molecule has 1 aliphatic heterocycles. The lowest BCUT2D eigenvalue weighted by molar-refractivity contribution is 0.0659. The van der Waals surface area contributed by atoms with Crippen molar-refractivity contribution in [3.8, 4) is 11.5 Å². The molecular weight excluding hydrogens is 234 g/mol. The predicted octanol–water partition coefficient (Wildman–Crippen LogP) is 0.496. The molecule has 94 valence electrons. The molecule has 2 aromatic heterocycles. The highest BCUT2D eigenvalue weighted by molar-refractivity contribution is 5.47. The van der Waals surface area contributed by atoms with Crippen LogP contribution in [0.2, 0.25) is 0 Å². The molecule has 3 rings (SSSR count). The van der Waals surface area contributed by atoms with Gasteiger partial charge in [-0.3, -0.25) is 0 Å². The summed E-state index contributed by atoms with van der Waals surface area (Å²) in [6.45, 7) is 3.86. The first kappa shape index (κ1) is 11.2. The van der Waals surface area contributed by atoms with Gasteiger partial charge in [-0.1, -0.05) is 5.16 Å². The second kappa shape index (κ2) is 4.79. The number of morpholine rings is 1. The van der Waals surface area contributed by atoms with Gasteiger partial charge in [-0.05, 0) is 13.0 Å². The molecule has 0 amide bonds. The topological polar surface area (TPSA) is 86.0 Å². The first-order valence-electron chi connectivity index (χ1n) is 5.78. The van der Waals surface area contributed by atoms with Crippen LogP contribution in [0.3, 0.4) is 0 Å². The summed E-state index contributed by atoms with van der Waals surface area (Å²) in [5, 5.41) is 7.19. The van der Waals surface area contributed by atoms with Crippen LogP contribution in [0, 0.1) is 6.92 Å². The first-order chi connectivity index (χ1) is 8.83. The maximum Gasteiger partial charge on any atom is 0.246 e. The number of rotatable bonds is 2. The highest BCUT2D eigenvalue weighted by Crippen LogP contribution is 2.18. The molecule has 18 heavy (non-hydrogen) atoms. The molecule has 2 aromatic rings. The van der Waals surface area contributed by atoms with Gasteiger partial charge in [-0.15, -0.1) is 0 Å². The fourth-order valence-corrected chi connectivity index (χ4v) is 1.79. The van der Waals surface area contributed by atoms with E-state index in [0.29, 0.717) is 36.4 Å². The Kier molecular flexibility index (Phi) is 2.99. The van der Waals surface area contributed by atoms with E-state index in [1.807, 2.05) is 6.92 Å². The Hall–Kier alpha value is -1.86. The van der Waals surface area contributed by atoms with E-state index in [9.17, 15) is 0 Å². The number of hydrogen-bond donors (Lipinski definition) is 1. The van der Waals surface area contributed by atoms with Crippen LogP contribution in [0.25, 0.3) is 11.5 Å². The SMILES string of the molecule is Cc1nccc(-c2noc(C3COCCN3)n2)n1. The van der Waals surface area contributed by atoms with Gasteiger partial charge in [0.25, 0.3) is 0 Å². The fraction of sp³-hybridized carbons (Fsp3) is 0.455. The van der Waals surface area contributed by atoms with Crippen molar-refractivity contribution in [2.24, 2.45) is 0 Å². The highest BCUT2D eigenvalue weighted by atomic mass is 16.5. The minimum atomic E-state index is -0.0389. The van der Waals surface area contributed by atoms with Gasteiger partial charge in [0, 0.05) is 12.7 Å². The van der Waals surface area contributed by atoms with E-state index in [1.54, 1.807) is 12.3 Å². The van der Waals surface area contributed by atoms with Crippen LogP contribution in [0.4, 0.5) is 0 Å². The zero-order chi connectivity index (χ0) is 12.4. The average Bonchev–Trinajstić information content (AvgIpc) is 2.89. The van der Waals surface area contributed by atoms with Crippen LogP contribution in [-0.4, -0.2) is 39.9 Å². The largest absolute Gasteiger partial charge is 0.378 e. The van der Waals surface area contributed by atoms with Gasteiger partial charge in [-0.25, -0.2) is 9.97 Å². The van der Waals surface area contributed by atoms with Gasteiger partial charge in [0.2, 0.25) is 11.7 Å². The van der Waals surface area contributed by atoms with Crippen LogP contribution in [-0.2, 0) is 4.74 Å². The number of aromatic nitrogens is 4. The first-order valence-corrected chi connectivity index (χ1v) is 5.78. The quantitative estimate of drug-likeness (QED) is 0.826. The van der Waals surface area contributed by atoms with Crippen LogP contribution in [0.5, 0.6) is 0 Å². The summed E-state index contributed by atoms with van der Waals surface area (Å²) in [6.07, 6.45) is 1.68. The smallest absolute Gasteiger partial charge is 0.246 e. The van der Waals surface area contributed by atoms with Crippen molar-refractivity contribution in [1.29, 1.82) is 0 Å². The summed E-state index contributed by atoms with van der Waals surface area (Å²) in [5.41, 5.74) is 0.661. The Morgan fingerprint density at radius 1 is 1.39 bits per heavy atom. The number of aryl methyl sites for hydroxylation is 1. The maximum absolute atomic E-state index is 5.35.